The van der Waals surface area contributed by atoms with Crippen LogP contribution in [0.4, 0.5) is 0 Å². The molecule has 1 aliphatic rings. The minimum Gasteiger partial charge on any atom is -0.286 e. The maximum absolute atomic E-state index is 5.94. The van der Waals surface area contributed by atoms with Crippen LogP contribution < -0.4 is 0 Å². The molecule has 1 fully saturated rings. The maximum Gasteiger partial charge on any atom is 0.0987 e. The lowest BCUT2D eigenvalue weighted by Gasteiger charge is -2.29. The van der Waals surface area contributed by atoms with Gasteiger partial charge in [0.1, 0.15) is 0 Å². The third-order valence-corrected chi connectivity index (χ3v) is 2.79. The first-order valence-electron chi connectivity index (χ1n) is 3.78. The number of hydrogen-bond acceptors (Lipinski definition) is 1. The summed E-state index contributed by atoms with van der Waals surface area (Å²) in [5.41, 5.74) is 0.0574. The Morgan fingerprint density at radius 2 is 1.80 bits per heavy atom. The molecule has 10 heavy (non-hydrogen) atoms. The Labute approximate surface area is 72.3 Å². The molecule has 0 N–H and O–H groups in total. The van der Waals surface area contributed by atoms with Crippen LogP contribution in [0.15, 0.2) is 0 Å². The lowest BCUT2D eigenvalue weighted by molar-refractivity contribution is 0.220. The second-order valence-corrected chi connectivity index (χ2v) is 3.50. The zero-order valence-corrected chi connectivity index (χ0v) is 7.53. The standard InChI is InChI=1S/C7H13Cl2N/c8-6-7(9)10-4-2-1-3-5-10/h7H,1-6H2. The molecular formula is C7H13Cl2N. The molecule has 1 aliphatic heterocycles. The lowest BCUT2D eigenvalue weighted by Crippen LogP contribution is -2.36. The van der Waals surface area contributed by atoms with E-state index in [1.165, 1.54) is 19.3 Å². The molecule has 60 valence electrons. The monoisotopic (exact) mass is 181 g/mol. The average Bonchev–Trinajstić information content (AvgIpc) is 2.05. The smallest absolute Gasteiger partial charge is 0.0987 e. The van der Waals surface area contributed by atoms with E-state index in [0.717, 1.165) is 13.1 Å². The van der Waals surface area contributed by atoms with Gasteiger partial charge in [0, 0.05) is 0 Å². The first-order chi connectivity index (χ1) is 4.84. The van der Waals surface area contributed by atoms with Crippen LogP contribution in [0.25, 0.3) is 0 Å². The summed E-state index contributed by atoms with van der Waals surface area (Å²) in [6, 6.07) is 0. The summed E-state index contributed by atoms with van der Waals surface area (Å²) in [5, 5.41) is 0. The maximum atomic E-state index is 5.94. The molecule has 0 saturated carbocycles. The van der Waals surface area contributed by atoms with Crippen molar-refractivity contribution in [2.45, 2.75) is 24.8 Å². The second kappa shape index (κ2) is 4.42. The van der Waals surface area contributed by atoms with Crippen molar-refractivity contribution in [2.75, 3.05) is 19.0 Å². The van der Waals surface area contributed by atoms with E-state index in [9.17, 15) is 0 Å². The molecule has 0 bridgehead atoms. The Bertz CT molecular complexity index is 91.6. The zero-order valence-electron chi connectivity index (χ0n) is 6.02. The number of likely N-dealkylation sites (tertiary alicyclic amines) is 1. The lowest BCUT2D eigenvalue weighted by atomic mass is 10.1. The van der Waals surface area contributed by atoms with Crippen LogP contribution in [0.3, 0.4) is 0 Å². The summed E-state index contributed by atoms with van der Waals surface area (Å²) in [6.45, 7) is 2.25. The Morgan fingerprint density at radius 3 is 2.30 bits per heavy atom. The number of alkyl halides is 2. The predicted octanol–water partition coefficient (Wildman–Crippen LogP) is 2.28. The first kappa shape index (κ1) is 8.63. The molecule has 0 radical (unpaired) electrons. The summed E-state index contributed by atoms with van der Waals surface area (Å²) >= 11 is 11.5. The average molecular weight is 182 g/mol. The van der Waals surface area contributed by atoms with Crippen molar-refractivity contribution in [3.05, 3.63) is 0 Å². The van der Waals surface area contributed by atoms with Crippen LogP contribution >= 0.6 is 23.2 Å². The third kappa shape index (κ3) is 2.30. The van der Waals surface area contributed by atoms with Crippen LogP contribution in [0.1, 0.15) is 19.3 Å². The Kier molecular flexibility index (Phi) is 3.82. The molecule has 1 unspecified atom stereocenters. The Morgan fingerprint density at radius 1 is 1.20 bits per heavy atom. The molecule has 0 aromatic carbocycles. The molecule has 0 aromatic rings. The van der Waals surface area contributed by atoms with Crippen molar-refractivity contribution in [3.8, 4) is 0 Å². The van der Waals surface area contributed by atoms with E-state index in [1.54, 1.807) is 0 Å². The van der Waals surface area contributed by atoms with Crippen molar-refractivity contribution in [3.63, 3.8) is 0 Å². The van der Waals surface area contributed by atoms with Gasteiger partial charge in [-0.3, -0.25) is 4.90 Å². The van der Waals surface area contributed by atoms with Gasteiger partial charge in [-0.2, -0.15) is 0 Å². The summed E-state index contributed by atoms with van der Waals surface area (Å²) < 4.78 is 0. The van der Waals surface area contributed by atoms with E-state index in [4.69, 9.17) is 23.2 Å². The van der Waals surface area contributed by atoms with E-state index in [-0.39, 0.29) is 5.50 Å². The van der Waals surface area contributed by atoms with E-state index < -0.39 is 0 Å². The molecular weight excluding hydrogens is 169 g/mol. The van der Waals surface area contributed by atoms with E-state index in [0.29, 0.717) is 5.88 Å². The Balaban J connectivity index is 2.24. The van der Waals surface area contributed by atoms with Crippen molar-refractivity contribution in [2.24, 2.45) is 0 Å². The fourth-order valence-electron chi connectivity index (χ4n) is 1.30. The minimum absolute atomic E-state index is 0.0574. The molecule has 1 atom stereocenters. The highest BCUT2D eigenvalue weighted by Crippen LogP contribution is 2.14. The van der Waals surface area contributed by atoms with Crippen LogP contribution in [0.2, 0.25) is 0 Å². The molecule has 0 aromatic heterocycles. The SMILES string of the molecule is ClCC(Cl)N1CCCCC1. The number of hydrogen-bond donors (Lipinski definition) is 0. The normalized spacial score (nSPS) is 24.6. The molecule has 0 spiro atoms. The van der Waals surface area contributed by atoms with Crippen LogP contribution in [-0.4, -0.2) is 29.4 Å². The first-order valence-corrected chi connectivity index (χ1v) is 4.76. The van der Waals surface area contributed by atoms with Gasteiger partial charge in [0.05, 0.1) is 11.4 Å². The van der Waals surface area contributed by atoms with E-state index in [1.807, 2.05) is 0 Å². The van der Waals surface area contributed by atoms with Gasteiger partial charge in [-0.15, -0.1) is 23.2 Å². The van der Waals surface area contributed by atoms with Crippen LogP contribution in [0.5, 0.6) is 0 Å². The van der Waals surface area contributed by atoms with Crippen molar-refractivity contribution < 1.29 is 0 Å². The molecule has 1 nitrogen and oxygen atoms in total. The number of nitrogens with zero attached hydrogens (tertiary/aromatic N) is 1. The highest BCUT2D eigenvalue weighted by Gasteiger charge is 2.16. The quantitative estimate of drug-likeness (QED) is 0.467. The van der Waals surface area contributed by atoms with Gasteiger partial charge in [-0.25, -0.2) is 0 Å². The molecule has 1 rings (SSSR count). The van der Waals surface area contributed by atoms with Gasteiger partial charge in [0.2, 0.25) is 0 Å². The zero-order chi connectivity index (χ0) is 7.40. The fraction of sp³-hybridized carbons (Fsp3) is 1.00. The fourth-order valence-corrected chi connectivity index (χ4v) is 1.69. The van der Waals surface area contributed by atoms with Gasteiger partial charge in [0.15, 0.2) is 0 Å². The number of rotatable bonds is 2. The second-order valence-electron chi connectivity index (χ2n) is 2.69. The van der Waals surface area contributed by atoms with Crippen LogP contribution in [0, 0.1) is 0 Å². The van der Waals surface area contributed by atoms with Gasteiger partial charge >= 0.3 is 0 Å². The third-order valence-electron chi connectivity index (χ3n) is 1.91. The van der Waals surface area contributed by atoms with Crippen LogP contribution in [-0.2, 0) is 0 Å². The van der Waals surface area contributed by atoms with Gasteiger partial charge in [-0.05, 0) is 25.9 Å². The van der Waals surface area contributed by atoms with E-state index >= 15 is 0 Å². The largest absolute Gasteiger partial charge is 0.286 e. The van der Waals surface area contributed by atoms with Crippen molar-refractivity contribution in [1.29, 1.82) is 0 Å². The summed E-state index contributed by atoms with van der Waals surface area (Å²) in [5.74, 6) is 0.543. The van der Waals surface area contributed by atoms with Gasteiger partial charge in [0.25, 0.3) is 0 Å². The summed E-state index contributed by atoms with van der Waals surface area (Å²) in [6.07, 6.45) is 3.91. The van der Waals surface area contributed by atoms with E-state index in [2.05, 4.69) is 4.90 Å². The summed E-state index contributed by atoms with van der Waals surface area (Å²) in [4.78, 5) is 2.25. The molecule has 1 saturated heterocycles. The molecule has 1 heterocycles. The van der Waals surface area contributed by atoms with Gasteiger partial charge in [-0.1, -0.05) is 6.42 Å². The van der Waals surface area contributed by atoms with Crippen molar-refractivity contribution >= 4 is 23.2 Å². The highest BCUT2D eigenvalue weighted by molar-refractivity contribution is 6.27. The molecule has 3 heteroatoms. The van der Waals surface area contributed by atoms with Crippen molar-refractivity contribution in [1.82, 2.24) is 4.90 Å². The molecule has 0 amide bonds. The number of halogens is 2. The summed E-state index contributed by atoms with van der Waals surface area (Å²) in [7, 11) is 0. The molecule has 0 aliphatic carbocycles. The predicted molar refractivity (Wildman–Crippen MR) is 45.8 cm³/mol. The highest BCUT2D eigenvalue weighted by atomic mass is 35.5. The van der Waals surface area contributed by atoms with Gasteiger partial charge < -0.3 is 0 Å². The number of piperidine rings is 1. The topological polar surface area (TPSA) is 3.24 Å². The Hall–Kier alpha value is 0.540. The minimum atomic E-state index is 0.0574.